The third kappa shape index (κ3) is 5.40. The number of nitrogens with zero attached hydrogens (tertiary/aromatic N) is 6. The molecule has 0 atom stereocenters. The summed E-state index contributed by atoms with van der Waals surface area (Å²) in [6, 6.07) is 84.5. The standard InChI is InChI=1S/C74H48N6/c1-73(2)57-29-13-5-21-43(57)51-37-39-53-49-27-11-19-35-63(49)79(67(53)65(51)73)69-55(41-75)56(42-76)70(80-64-36-20-12-28-50(64)54-40-38-52-44-22-6-14-30-58(44)74(3,4)66(52)68(54)80)72(78-61-33-17-9-25-47(61)48-26-10-18-34-62(48)78)71(69)77-59-31-15-7-23-45(59)46-24-8-16-32-60(46)77/h5-40H,1-4H3. The van der Waals surface area contributed by atoms with E-state index in [2.05, 4.69) is 276 Å². The van der Waals surface area contributed by atoms with Crippen LogP contribution in [-0.2, 0) is 10.8 Å². The Hall–Kier alpha value is -10.4. The van der Waals surface area contributed by atoms with Gasteiger partial charge in [0, 0.05) is 53.9 Å². The van der Waals surface area contributed by atoms with Gasteiger partial charge in [-0.2, -0.15) is 10.5 Å². The highest BCUT2D eigenvalue weighted by atomic mass is 15.1. The molecule has 0 saturated carbocycles. The smallest absolute Gasteiger partial charge is 0.103 e. The molecule has 0 spiro atoms. The summed E-state index contributed by atoms with van der Waals surface area (Å²) in [4.78, 5) is 0. The van der Waals surface area contributed by atoms with Crippen LogP contribution >= 0.6 is 0 Å². The van der Waals surface area contributed by atoms with E-state index in [0.717, 1.165) is 98.6 Å². The number of benzene rings is 11. The number of hydrogen-bond acceptors (Lipinski definition) is 2. The van der Waals surface area contributed by atoms with Gasteiger partial charge in [0.15, 0.2) is 0 Å². The molecule has 0 amide bonds. The van der Waals surface area contributed by atoms with Crippen molar-refractivity contribution in [1.29, 1.82) is 10.5 Å². The van der Waals surface area contributed by atoms with Gasteiger partial charge in [-0.3, -0.25) is 0 Å². The molecular weight excluding hydrogens is 973 g/mol. The second kappa shape index (κ2) is 15.6. The Labute approximate surface area is 461 Å². The summed E-state index contributed by atoms with van der Waals surface area (Å²) >= 11 is 0. The number of rotatable bonds is 4. The van der Waals surface area contributed by atoms with E-state index in [-0.39, 0.29) is 0 Å². The van der Waals surface area contributed by atoms with E-state index in [4.69, 9.17) is 0 Å². The molecule has 2 aliphatic carbocycles. The van der Waals surface area contributed by atoms with E-state index in [1.165, 1.54) is 44.5 Å². The molecule has 6 nitrogen and oxygen atoms in total. The van der Waals surface area contributed by atoms with Crippen LogP contribution in [0.25, 0.3) is 132 Å². The zero-order chi connectivity index (χ0) is 53.5. The molecule has 4 heterocycles. The molecule has 80 heavy (non-hydrogen) atoms. The van der Waals surface area contributed by atoms with Gasteiger partial charge in [0.1, 0.15) is 12.1 Å². The minimum absolute atomic E-state index is 0.290. The summed E-state index contributed by atoms with van der Waals surface area (Å²) in [5.41, 5.74) is 20.0. The van der Waals surface area contributed by atoms with Crippen molar-refractivity contribution in [1.82, 2.24) is 18.3 Å². The lowest BCUT2D eigenvalue weighted by atomic mass is 9.81. The van der Waals surface area contributed by atoms with Crippen LogP contribution in [0.2, 0.25) is 0 Å². The predicted molar refractivity (Wildman–Crippen MR) is 328 cm³/mol. The maximum absolute atomic E-state index is 12.7. The van der Waals surface area contributed by atoms with Crippen molar-refractivity contribution in [3.8, 4) is 57.1 Å². The average Bonchev–Trinajstić information content (AvgIpc) is 4.02. The lowest BCUT2D eigenvalue weighted by molar-refractivity contribution is 0.663. The number of nitriles is 2. The van der Waals surface area contributed by atoms with Gasteiger partial charge in [-0.25, -0.2) is 0 Å². The first-order chi connectivity index (χ1) is 39.2. The molecule has 374 valence electrons. The Kier molecular flexibility index (Phi) is 8.74. The fourth-order valence-corrected chi connectivity index (χ4v) is 15.2. The zero-order valence-corrected chi connectivity index (χ0v) is 44.5. The van der Waals surface area contributed by atoms with Crippen LogP contribution < -0.4 is 0 Å². The van der Waals surface area contributed by atoms with Gasteiger partial charge < -0.3 is 18.3 Å². The molecular formula is C74H48N6. The molecule has 6 heteroatoms. The van der Waals surface area contributed by atoms with E-state index in [1.54, 1.807) is 0 Å². The summed E-state index contributed by atoms with van der Waals surface area (Å²) in [5.74, 6) is 0. The Bertz CT molecular complexity index is 4960. The summed E-state index contributed by atoms with van der Waals surface area (Å²) in [6.45, 7) is 9.36. The summed E-state index contributed by atoms with van der Waals surface area (Å²) in [5, 5.41) is 34.0. The summed E-state index contributed by atoms with van der Waals surface area (Å²) in [6.07, 6.45) is 0. The van der Waals surface area contributed by atoms with Crippen LogP contribution in [0.3, 0.4) is 0 Å². The van der Waals surface area contributed by atoms with Crippen LogP contribution in [0.5, 0.6) is 0 Å². The lowest BCUT2D eigenvalue weighted by Gasteiger charge is -2.29. The van der Waals surface area contributed by atoms with Gasteiger partial charge in [0.05, 0.1) is 78.0 Å². The summed E-state index contributed by atoms with van der Waals surface area (Å²) < 4.78 is 9.62. The quantitative estimate of drug-likeness (QED) is 0.176. The van der Waals surface area contributed by atoms with Crippen molar-refractivity contribution in [2.24, 2.45) is 0 Å². The molecule has 0 bridgehead atoms. The minimum Gasteiger partial charge on any atom is -0.306 e. The van der Waals surface area contributed by atoms with Crippen LogP contribution in [-0.4, -0.2) is 18.3 Å². The van der Waals surface area contributed by atoms with Crippen molar-refractivity contribution >= 4 is 87.2 Å². The Morgan fingerprint density at radius 3 is 0.875 bits per heavy atom. The van der Waals surface area contributed by atoms with Gasteiger partial charge in [0.2, 0.25) is 0 Å². The highest BCUT2D eigenvalue weighted by Crippen LogP contribution is 2.57. The molecule has 0 aliphatic heterocycles. The van der Waals surface area contributed by atoms with Crippen LogP contribution in [0.4, 0.5) is 0 Å². The molecule has 17 rings (SSSR count). The van der Waals surface area contributed by atoms with Crippen LogP contribution in [0, 0.1) is 22.7 Å². The third-order valence-electron chi connectivity index (χ3n) is 18.4. The SMILES string of the molecule is CC1(C)c2ccccc2-c2ccc3c4ccccc4n(-c4c(C#N)c(C#N)c(-n5c6ccccc6c6ccc7c(c65)C(C)(C)c5ccccc5-7)c(-n5c6ccccc6c6ccccc65)c4-n4c5ccccc5c5ccccc54)c3c21. The molecule has 0 radical (unpaired) electrons. The second-order valence-corrected chi connectivity index (χ2v) is 22.9. The second-order valence-electron chi connectivity index (χ2n) is 22.9. The highest BCUT2D eigenvalue weighted by Gasteiger charge is 2.43. The maximum Gasteiger partial charge on any atom is 0.103 e. The fraction of sp³-hybridized carbons (Fsp3) is 0.0811. The average molecular weight is 1020 g/mol. The Balaban J connectivity index is 1.21. The van der Waals surface area contributed by atoms with E-state index in [0.29, 0.717) is 22.5 Å². The van der Waals surface area contributed by atoms with E-state index in [9.17, 15) is 10.5 Å². The largest absolute Gasteiger partial charge is 0.306 e. The molecule has 0 unspecified atom stereocenters. The summed E-state index contributed by atoms with van der Waals surface area (Å²) in [7, 11) is 0. The Morgan fingerprint density at radius 1 is 0.275 bits per heavy atom. The van der Waals surface area contributed by atoms with E-state index in [1.807, 2.05) is 0 Å². The van der Waals surface area contributed by atoms with Gasteiger partial charge in [0.25, 0.3) is 0 Å². The van der Waals surface area contributed by atoms with Crippen molar-refractivity contribution in [2.75, 3.05) is 0 Å². The van der Waals surface area contributed by atoms with Crippen LogP contribution in [0.15, 0.2) is 218 Å². The topological polar surface area (TPSA) is 67.3 Å². The first-order valence-electron chi connectivity index (χ1n) is 27.6. The van der Waals surface area contributed by atoms with Gasteiger partial charge >= 0.3 is 0 Å². The molecule has 2 aliphatic rings. The van der Waals surface area contributed by atoms with Gasteiger partial charge in [-0.1, -0.05) is 210 Å². The molecule has 4 aromatic heterocycles. The molecule has 15 aromatic rings. The molecule has 0 saturated heterocycles. The van der Waals surface area contributed by atoms with Crippen molar-refractivity contribution in [2.45, 2.75) is 38.5 Å². The van der Waals surface area contributed by atoms with Gasteiger partial charge in [-0.15, -0.1) is 0 Å². The Morgan fingerprint density at radius 2 is 0.550 bits per heavy atom. The van der Waals surface area contributed by atoms with Crippen molar-refractivity contribution in [3.63, 3.8) is 0 Å². The monoisotopic (exact) mass is 1020 g/mol. The molecule has 11 aromatic carbocycles. The lowest BCUT2D eigenvalue weighted by Crippen LogP contribution is -2.20. The third-order valence-corrected chi connectivity index (χ3v) is 18.4. The number of hydrogen-bond donors (Lipinski definition) is 0. The predicted octanol–water partition coefficient (Wildman–Crippen LogP) is 18.4. The fourth-order valence-electron chi connectivity index (χ4n) is 15.2. The van der Waals surface area contributed by atoms with Crippen molar-refractivity contribution < 1.29 is 0 Å². The first kappa shape index (κ1) is 44.7. The van der Waals surface area contributed by atoms with Crippen LogP contribution in [0.1, 0.15) is 61.1 Å². The minimum atomic E-state index is -0.446. The first-order valence-corrected chi connectivity index (χ1v) is 27.6. The zero-order valence-electron chi connectivity index (χ0n) is 44.5. The van der Waals surface area contributed by atoms with Crippen molar-refractivity contribution in [3.05, 3.63) is 252 Å². The normalized spacial score (nSPS) is 13.9. The van der Waals surface area contributed by atoms with E-state index >= 15 is 0 Å². The van der Waals surface area contributed by atoms with Gasteiger partial charge in [-0.05, 0) is 80.9 Å². The molecule has 0 fully saturated rings. The highest BCUT2D eigenvalue weighted by molar-refractivity contribution is 6.18. The maximum atomic E-state index is 12.7. The number of aromatic nitrogens is 4. The number of para-hydroxylation sites is 6. The van der Waals surface area contributed by atoms with E-state index < -0.39 is 10.8 Å². The molecule has 0 N–H and O–H groups in total. The number of fused-ring (bicyclic) bond motifs is 20.